The van der Waals surface area contributed by atoms with Gasteiger partial charge in [-0.15, -0.1) is 0 Å². The summed E-state index contributed by atoms with van der Waals surface area (Å²) in [5, 5.41) is 22.8. The average Bonchev–Trinajstić information content (AvgIpc) is 3.05. The highest BCUT2D eigenvalue weighted by Crippen LogP contribution is 2.68. The number of fused-ring (bicyclic) bond motifs is 5. The first-order valence-corrected chi connectivity index (χ1v) is 12.2. The third-order valence-electron chi connectivity index (χ3n) is 10.5. The molecule has 0 unspecified atom stereocenters. The van der Waals surface area contributed by atoms with Crippen molar-refractivity contribution in [3.8, 4) is 0 Å². The van der Waals surface area contributed by atoms with E-state index in [0.29, 0.717) is 47.3 Å². The van der Waals surface area contributed by atoms with Crippen molar-refractivity contribution in [1.82, 2.24) is 0 Å². The molecule has 0 bridgehead atoms. The minimum Gasteiger partial charge on any atom is -0.469 e. The summed E-state index contributed by atoms with van der Waals surface area (Å²) in [5.41, 5.74) is 0.147. The summed E-state index contributed by atoms with van der Waals surface area (Å²) in [7, 11) is 1.45. The van der Waals surface area contributed by atoms with E-state index in [2.05, 4.69) is 20.8 Å². The fourth-order valence-corrected chi connectivity index (χ4v) is 8.84. The first-order chi connectivity index (χ1) is 13.7. The number of methoxy groups -OCH3 is 1. The van der Waals surface area contributed by atoms with Crippen molar-refractivity contribution in [2.75, 3.05) is 7.11 Å². The zero-order valence-electron chi connectivity index (χ0n) is 18.9. The van der Waals surface area contributed by atoms with Crippen LogP contribution < -0.4 is 0 Å². The van der Waals surface area contributed by atoms with Gasteiger partial charge in [0, 0.05) is 6.42 Å². The van der Waals surface area contributed by atoms with Crippen LogP contribution in [0, 0.1) is 46.3 Å². The van der Waals surface area contributed by atoms with Crippen molar-refractivity contribution in [3.05, 3.63) is 0 Å². The third-order valence-corrected chi connectivity index (χ3v) is 10.5. The summed E-state index contributed by atoms with van der Waals surface area (Å²) in [6.07, 6.45) is 9.92. The molecule has 0 aliphatic heterocycles. The fourth-order valence-electron chi connectivity index (χ4n) is 8.84. The van der Waals surface area contributed by atoms with Gasteiger partial charge in [-0.3, -0.25) is 4.79 Å². The van der Waals surface area contributed by atoms with Crippen LogP contribution in [0.3, 0.4) is 0 Å². The van der Waals surface area contributed by atoms with Crippen molar-refractivity contribution in [1.29, 1.82) is 0 Å². The van der Waals surface area contributed by atoms with Crippen molar-refractivity contribution >= 4 is 5.97 Å². The van der Waals surface area contributed by atoms with Crippen LogP contribution in [0.25, 0.3) is 0 Å². The lowest BCUT2D eigenvalue weighted by atomic mass is 9.43. The summed E-state index contributed by atoms with van der Waals surface area (Å²) in [6.45, 7) is 7.02. The minimum atomic E-state index is -0.300. The molecule has 0 spiro atoms. The maximum absolute atomic E-state index is 11.7. The predicted octanol–water partition coefficient (Wildman–Crippen LogP) is 4.57. The molecule has 0 aromatic heterocycles. The number of hydrogen-bond donors (Lipinski definition) is 2. The van der Waals surface area contributed by atoms with E-state index in [1.165, 1.54) is 32.8 Å². The summed E-state index contributed by atoms with van der Waals surface area (Å²) >= 11 is 0. The third kappa shape index (κ3) is 3.28. The van der Waals surface area contributed by atoms with E-state index in [9.17, 15) is 15.0 Å². The van der Waals surface area contributed by atoms with Gasteiger partial charge in [0.2, 0.25) is 0 Å². The molecule has 29 heavy (non-hydrogen) atoms. The maximum atomic E-state index is 11.7. The molecule has 0 saturated heterocycles. The van der Waals surface area contributed by atoms with E-state index in [1.54, 1.807) is 0 Å². The summed E-state index contributed by atoms with van der Waals surface area (Å²) in [5.74, 6) is 2.47. The van der Waals surface area contributed by atoms with Crippen LogP contribution in [0.15, 0.2) is 0 Å². The molecule has 0 radical (unpaired) electrons. The lowest BCUT2D eigenvalue weighted by Crippen LogP contribution is -2.61. The standard InChI is InChI=1S/C25H42O4/c1-15(8-11-22(28)29-4)17-9-10-18-23-19(14-21(27)25(17,18)3)24(2)12-6-5-7-16(24)13-20(23)26/h15-21,23,26-27H,5-14H2,1-4H3/t15-,16+,17-,18+,19+,20-,21-,23+,24+,25-/m1/s1. The first kappa shape index (κ1) is 21.6. The van der Waals surface area contributed by atoms with Crippen LogP contribution in [-0.4, -0.2) is 35.5 Å². The minimum absolute atomic E-state index is 0.139. The number of carbonyl (C=O) groups excluding carboxylic acids is 1. The molecule has 2 N–H and O–H groups in total. The number of esters is 1. The van der Waals surface area contributed by atoms with Crippen LogP contribution in [0.5, 0.6) is 0 Å². The maximum Gasteiger partial charge on any atom is 0.305 e. The molecule has 0 amide bonds. The quantitative estimate of drug-likeness (QED) is 0.671. The second kappa shape index (κ2) is 7.82. The Morgan fingerprint density at radius 2 is 1.86 bits per heavy atom. The molecule has 4 saturated carbocycles. The number of aliphatic hydroxyl groups is 2. The topological polar surface area (TPSA) is 66.8 Å². The Morgan fingerprint density at radius 1 is 1.10 bits per heavy atom. The van der Waals surface area contributed by atoms with Gasteiger partial charge in [0.05, 0.1) is 19.3 Å². The van der Waals surface area contributed by atoms with E-state index in [1.807, 2.05) is 0 Å². The molecule has 4 aliphatic carbocycles. The Bertz CT molecular complexity index is 620. The molecule has 4 fully saturated rings. The van der Waals surface area contributed by atoms with Gasteiger partial charge in [0.15, 0.2) is 0 Å². The van der Waals surface area contributed by atoms with Crippen LogP contribution in [0.4, 0.5) is 0 Å². The first-order valence-electron chi connectivity index (χ1n) is 12.2. The predicted molar refractivity (Wildman–Crippen MR) is 113 cm³/mol. The van der Waals surface area contributed by atoms with E-state index >= 15 is 0 Å². The largest absolute Gasteiger partial charge is 0.469 e. The van der Waals surface area contributed by atoms with Crippen LogP contribution in [0.2, 0.25) is 0 Å². The van der Waals surface area contributed by atoms with Crippen molar-refractivity contribution < 1.29 is 19.7 Å². The lowest BCUT2D eigenvalue weighted by molar-refractivity contribution is -0.201. The summed E-state index contributed by atoms with van der Waals surface area (Å²) in [4.78, 5) is 11.7. The molecular weight excluding hydrogens is 364 g/mol. The van der Waals surface area contributed by atoms with E-state index in [0.717, 1.165) is 32.1 Å². The highest BCUT2D eigenvalue weighted by atomic mass is 16.5. The fraction of sp³-hybridized carbons (Fsp3) is 0.960. The Morgan fingerprint density at radius 3 is 2.59 bits per heavy atom. The second-order valence-electron chi connectivity index (χ2n) is 11.4. The number of carbonyl (C=O) groups is 1. The van der Waals surface area contributed by atoms with Gasteiger partial charge in [-0.2, -0.15) is 0 Å². The molecule has 0 aromatic carbocycles. The van der Waals surface area contributed by atoms with Crippen molar-refractivity contribution in [2.45, 2.75) is 97.2 Å². The van der Waals surface area contributed by atoms with Crippen molar-refractivity contribution in [3.63, 3.8) is 0 Å². The molecule has 4 heteroatoms. The molecular formula is C25H42O4. The molecule has 4 aliphatic rings. The Hall–Kier alpha value is -0.610. The van der Waals surface area contributed by atoms with Gasteiger partial charge in [-0.1, -0.05) is 33.6 Å². The Kier molecular flexibility index (Phi) is 5.83. The number of hydrogen-bond acceptors (Lipinski definition) is 4. The molecule has 4 rings (SSSR count). The number of rotatable bonds is 4. The zero-order chi connectivity index (χ0) is 21.0. The SMILES string of the molecule is COC(=O)CC[C@@H](C)[C@H]1CC[C@H]2[C@@H]3[C@H](O)C[C@@H]4CCCC[C@]4(C)[C@H]3C[C@@H](O)[C@]12C. The highest BCUT2D eigenvalue weighted by Gasteiger charge is 2.65. The molecule has 166 valence electrons. The zero-order valence-corrected chi connectivity index (χ0v) is 18.9. The van der Waals surface area contributed by atoms with Gasteiger partial charge in [-0.25, -0.2) is 0 Å². The van der Waals surface area contributed by atoms with Crippen LogP contribution in [-0.2, 0) is 9.53 Å². The lowest BCUT2D eigenvalue weighted by Gasteiger charge is -2.63. The second-order valence-corrected chi connectivity index (χ2v) is 11.4. The van der Waals surface area contributed by atoms with E-state index < -0.39 is 0 Å². The smallest absolute Gasteiger partial charge is 0.305 e. The Labute approximate surface area is 176 Å². The number of aliphatic hydroxyl groups excluding tert-OH is 2. The molecule has 10 atom stereocenters. The summed E-state index contributed by atoms with van der Waals surface area (Å²) in [6, 6.07) is 0. The van der Waals surface area contributed by atoms with E-state index in [-0.39, 0.29) is 23.6 Å². The van der Waals surface area contributed by atoms with E-state index in [4.69, 9.17) is 4.74 Å². The number of ether oxygens (including phenoxy) is 1. The van der Waals surface area contributed by atoms with Gasteiger partial charge in [-0.05, 0) is 91.3 Å². The Balaban J connectivity index is 1.58. The van der Waals surface area contributed by atoms with Gasteiger partial charge >= 0.3 is 5.97 Å². The molecule has 4 nitrogen and oxygen atoms in total. The van der Waals surface area contributed by atoms with Gasteiger partial charge in [0.1, 0.15) is 0 Å². The normalized spacial score (nSPS) is 50.2. The van der Waals surface area contributed by atoms with Crippen LogP contribution in [0.1, 0.15) is 85.0 Å². The highest BCUT2D eigenvalue weighted by molar-refractivity contribution is 5.69. The molecule has 0 heterocycles. The van der Waals surface area contributed by atoms with Crippen molar-refractivity contribution in [2.24, 2.45) is 46.3 Å². The van der Waals surface area contributed by atoms with Gasteiger partial charge < -0.3 is 14.9 Å². The average molecular weight is 407 g/mol. The van der Waals surface area contributed by atoms with Crippen LogP contribution >= 0.6 is 0 Å². The summed E-state index contributed by atoms with van der Waals surface area (Å²) < 4.78 is 4.84. The molecule has 0 aromatic rings. The monoisotopic (exact) mass is 406 g/mol. The van der Waals surface area contributed by atoms with Gasteiger partial charge in [0.25, 0.3) is 0 Å².